The lowest BCUT2D eigenvalue weighted by atomic mass is 10.2. The van der Waals surface area contributed by atoms with Gasteiger partial charge in [-0.25, -0.2) is 0 Å². The topological polar surface area (TPSA) is 0 Å². The SMILES string of the molecule is C/C=C/C1=CC=CC1. The fourth-order valence-electron chi connectivity index (χ4n) is 0.801. The Bertz CT molecular complexity index is 147. The molecule has 0 N–H and O–H groups in total. The van der Waals surface area contributed by atoms with Gasteiger partial charge >= 0.3 is 0 Å². The third-order valence-corrected chi connectivity index (χ3v) is 1.18. The molecule has 0 saturated heterocycles. The second kappa shape index (κ2) is 2.51. The monoisotopic (exact) mass is 106 g/mol. The molecular formula is C8H10. The van der Waals surface area contributed by atoms with Crippen LogP contribution in [0, 0.1) is 0 Å². The first kappa shape index (κ1) is 5.36. The lowest BCUT2D eigenvalue weighted by Gasteiger charge is -1.85. The van der Waals surface area contributed by atoms with Crippen LogP contribution in [0.25, 0.3) is 0 Å². The molecule has 0 radical (unpaired) electrons. The number of rotatable bonds is 1. The molecule has 0 aromatic heterocycles. The normalized spacial score (nSPS) is 17.9. The van der Waals surface area contributed by atoms with Gasteiger partial charge in [-0.1, -0.05) is 30.4 Å². The largest absolute Gasteiger partial charge is 0.0874 e. The summed E-state index contributed by atoms with van der Waals surface area (Å²) in [5, 5.41) is 0. The highest BCUT2D eigenvalue weighted by Crippen LogP contribution is 2.10. The van der Waals surface area contributed by atoms with Crippen molar-refractivity contribution in [3.8, 4) is 0 Å². The van der Waals surface area contributed by atoms with Crippen molar-refractivity contribution in [2.24, 2.45) is 0 Å². The maximum Gasteiger partial charge on any atom is -0.00944 e. The Morgan fingerprint density at radius 1 is 1.62 bits per heavy atom. The van der Waals surface area contributed by atoms with E-state index in [1.807, 2.05) is 6.92 Å². The molecule has 8 heavy (non-hydrogen) atoms. The lowest BCUT2D eigenvalue weighted by Crippen LogP contribution is -1.65. The maximum absolute atomic E-state index is 2.16. The van der Waals surface area contributed by atoms with E-state index in [9.17, 15) is 0 Å². The van der Waals surface area contributed by atoms with Crippen LogP contribution >= 0.6 is 0 Å². The van der Waals surface area contributed by atoms with Crippen LogP contribution in [0.15, 0.2) is 36.0 Å². The van der Waals surface area contributed by atoms with E-state index >= 15 is 0 Å². The highest BCUT2D eigenvalue weighted by atomic mass is 14.0. The third kappa shape index (κ3) is 1.09. The molecule has 0 nitrogen and oxygen atoms in total. The Kier molecular flexibility index (Phi) is 1.68. The van der Waals surface area contributed by atoms with Crippen molar-refractivity contribution in [1.82, 2.24) is 0 Å². The van der Waals surface area contributed by atoms with Crippen LogP contribution in [0.5, 0.6) is 0 Å². The van der Waals surface area contributed by atoms with Crippen LogP contribution in [0.2, 0.25) is 0 Å². The summed E-state index contributed by atoms with van der Waals surface area (Å²) in [6.07, 6.45) is 11.7. The van der Waals surface area contributed by atoms with Gasteiger partial charge in [0.25, 0.3) is 0 Å². The van der Waals surface area contributed by atoms with E-state index in [1.165, 1.54) is 5.57 Å². The summed E-state index contributed by atoms with van der Waals surface area (Å²) >= 11 is 0. The maximum atomic E-state index is 2.16. The number of hydrogen-bond acceptors (Lipinski definition) is 0. The van der Waals surface area contributed by atoms with E-state index in [4.69, 9.17) is 0 Å². The van der Waals surface area contributed by atoms with Gasteiger partial charge in [-0.05, 0) is 18.9 Å². The molecule has 0 aromatic carbocycles. The molecule has 0 bridgehead atoms. The average Bonchev–Trinajstić information content (AvgIpc) is 2.19. The summed E-state index contributed by atoms with van der Waals surface area (Å²) in [5.74, 6) is 0. The van der Waals surface area contributed by atoms with Crippen molar-refractivity contribution >= 4 is 0 Å². The first-order chi connectivity index (χ1) is 3.93. The van der Waals surface area contributed by atoms with Crippen LogP contribution in [-0.2, 0) is 0 Å². The predicted molar refractivity (Wildman–Crippen MR) is 36.7 cm³/mol. The van der Waals surface area contributed by atoms with E-state index in [2.05, 4.69) is 30.4 Å². The third-order valence-electron chi connectivity index (χ3n) is 1.18. The van der Waals surface area contributed by atoms with Gasteiger partial charge in [-0.3, -0.25) is 0 Å². The highest BCUT2D eigenvalue weighted by molar-refractivity contribution is 5.31. The first-order valence-corrected chi connectivity index (χ1v) is 2.92. The molecule has 0 aliphatic heterocycles. The molecule has 0 amide bonds. The Hall–Kier alpha value is -0.780. The second-order valence-electron chi connectivity index (χ2n) is 1.87. The van der Waals surface area contributed by atoms with Crippen LogP contribution in [0.4, 0.5) is 0 Å². The molecule has 0 heterocycles. The molecule has 0 aromatic rings. The first-order valence-electron chi connectivity index (χ1n) is 2.92. The summed E-state index contributed by atoms with van der Waals surface area (Å²) in [5.41, 5.74) is 1.41. The van der Waals surface area contributed by atoms with Crippen molar-refractivity contribution < 1.29 is 0 Å². The van der Waals surface area contributed by atoms with Crippen LogP contribution in [0.1, 0.15) is 13.3 Å². The van der Waals surface area contributed by atoms with Crippen molar-refractivity contribution in [3.05, 3.63) is 36.0 Å². The minimum atomic E-state index is 1.12. The Labute approximate surface area is 50.2 Å². The summed E-state index contributed by atoms with van der Waals surface area (Å²) in [4.78, 5) is 0. The van der Waals surface area contributed by atoms with Gasteiger partial charge in [-0.15, -0.1) is 0 Å². The van der Waals surface area contributed by atoms with Gasteiger partial charge in [-0.2, -0.15) is 0 Å². The van der Waals surface area contributed by atoms with Crippen molar-refractivity contribution in [3.63, 3.8) is 0 Å². The minimum absolute atomic E-state index is 1.12. The summed E-state index contributed by atoms with van der Waals surface area (Å²) in [7, 11) is 0. The fourth-order valence-corrected chi connectivity index (χ4v) is 0.801. The van der Waals surface area contributed by atoms with Crippen LogP contribution < -0.4 is 0 Å². The molecule has 0 atom stereocenters. The molecule has 42 valence electrons. The van der Waals surface area contributed by atoms with Gasteiger partial charge in [0.2, 0.25) is 0 Å². The van der Waals surface area contributed by atoms with E-state index in [-0.39, 0.29) is 0 Å². The molecule has 1 aliphatic carbocycles. The molecule has 0 saturated carbocycles. The van der Waals surface area contributed by atoms with Crippen LogP contribution in [0.3, 0.4) is 0 Å². The van der Waals surface area contributed by atoms with E-state index in [0.29, 0.717) is 0 Å². The van der Waals surface area contributed by atoms with Gasteiger partial charge < -0.3 is 0 Å². The summed E-state index contributed by atoms with van der Waals surface area (Å²) in [6, 6.07) is 0. The predicted octanol–water partition coefficient (Wildman–Crippen LogP) is 2.45. The van der Waals surface area contributed by atoms with Crippen molar-refractivity contribution in [2.45, 2.75) is 13.3 Å². The lowest BCUT2D eigenvalue weighted by molar-refractivity contribution is 1.33. The van der Waals surface area contributed by atoms with Crippen molar-refractivity contribution in [1.29, 1.82) is 0 Å². The van der Waals surface area contributed by atoms with Crippen molar-refractivity contribution in [2.75, 3.05) is 0 Å². The van der Waals surface area contributed by atoms with Gasteiger partial charge in [0, 0.05) is 0 Å². The molecule has 0 spiro atoms. The Morgan fingerprint density at radius 3 is 3.00 bits per heavy atom. The van der Waals surface area contributed by atoms with E-state index in [0.717, 1.165) is 6.42 Å². The highest BCUT2D eigenvalue weighted by Gasteiger charge is 1.90. The smallest absolute Gasteiger partial charge is 0.00944 e. The second-order valence-corrected chi connectivity index (χ2v) is 1.87. The standard InChI is InChI=1S/C8H10/c1-2-5-8-6-3-4-7-8/h2-6H,7H2,1H3/b5-2+. The summed E-state index contributed by atoms with van der Waals surface area (Å²) in [6.45, 7) is 2.04. The fraction of sp³-hybridized carbons (Fsp3) is 0.250. The molecule has 0 heteroatoms. The molecule has 0 unspecified atom stereocenters. The molecular weight excluding hydrogens is 96.1 g/mol. The van der Waals surface area contributed by atoms with Gasteiger partial charge in [0.15, 0.2) is 0 Å². The van der Waals surface area contributed by atoms with E-state index in [1.54, 1.807) is 0 Å². The molecule has 1 aliphatic rings. The minimum Gasteiger partial charge on any atom is -0.0874 e. The number of allylic oxidation sites excluding steroid dienone is 6. The molecule has 1 rings (SSSR count). The average molecular weight is 106 g/mol. The Balaban J connectivity index is 2.51. The quantitative estimate of drug-likeness (QED) is 0.481. The molecule has 0 fully saturated rings. The Morgan fingerprint density at radius 2 is 2.50 bits per heavy atom. The number of hydrogen-bond donors (Lipinski definition) is 0. The zero-order chi connectivity index (χ0) is 5.82. The van der Waals surface area contributed by atoms with Gasteiger partial charge in [0.1, 0.15) is 0 Å². The van der Waals surface area contributed by atoms with Crippen LogP contribution in [-0.4, -0.2) is 0 Å². The zero-order valence-corrected chi connectivity index (χ0v) is 5.09. The van der Waals surface area contributed by atoms with E-state index < -0.39 is 0 Å². The van der Waals surface area contributed by atoms with Gasteiger partial charge in [0.05, 0.1) is 0 Å². The zero-order valence-electron chi connectivity index (χ0n) is 5.09. The summed E-state index contributed by atoms with van der Waals surface area (Å²) < 4.78 is 0.